The minimum absolute atomic E-state index is 0.0532. The highest BCUT2D eigenvalue weighted by Crippen LogP contribution is 2.01. The van der Waals surface area contributed by atoms with Crippen LogP contribution < -0.4 is 5.11 Å². The lowest BCUT2D eigenvalue weighted by molar-refractivity contribution is -0.307. The first-order chi connectivity index (χ1) is 4.09. The zero-order valence-corrected chi connectivity index (χ0v) is 6.02. The summed E-state index contributed by atoms with van der Waals surface area (Å²) in [6, 6.07) is 0. The minimum atomic E-state index is -0.123. The van der Waals surface area contributed by atoms with Crippen molar-refractivity contribution >= 4 is 5.78 Å². The van der Waals surface area contributed by atoms with Crippen LogP contribution in [-0.4, -0.2) is 5.78 Å². The van der Waals surface area contributed by atoms with Gasteiger partial charge in [-0.2, -0.15) is 0 Å². The van der Waals surface area contributed by atoms with Crippen LogP contribution in [0.4, 0.5) is 0 Å². The summed E-state index contributed by atoms with van der Waals surface area (Å²) in [7, 11) is 0. The van der Waals surface area contributed by atoms with Gasteiger partial charge in [-0.15, -0.1) is 5.76 Å². The summed E-state index contributed by atoms with van der Waals surface area (Å²) >= 11 is 0. The van der Waals surface area contributed by atoms with E-state index in [9.17, 15) is 9.90 Å². The summed E-state index contributed by atoms with van der Waals surface area (Å²) in [6.07, 6.45) is 0.422. The van der Waals surface area contributed by atoms with Crippen LogP contribution in [0, 0.1) is 0 Å². The number of Topliss-reactive ketones (excluding diaryl/α,β-unsaturated/α-hetero) is 1. The third-order valence-corrected chi connectivity index (χ3v) is 1.27. The summed E-state index contributed by atoms with van der Waals surface area (Å²) in [5, 5.41) is 10.7. The van der Waals surface area contributed by atoms with E-state index in [1.165, 1.54) is 6.92 Å². The number of hydrogen-bond donors (Lipinski definition) is 0. The van der Waals surface area contributed by atoms with Crippen molar-refractivity contribution in [1.29, 1.82) is 0 Å². The normalized spacial score (nSPS) is 12.8. The molecule has 0 heterocycles. The Morgan fingerprint density at radius 3 is 2.00 bits per heavy atom. The van der Waals surface area contributed by atoms with Gasteiger partial charge >= 0.3 is 0 Å². The molecule has 0 aromatic heterocycles. The van der Waals surface area contributed by atoms with E-state index < -0.39 is 0 Å². The molecule has 2 heteroatoms. The van der Waals surface area contributed by atoms with Gasteiger partial charge in [-0.3, -0.25) is 4.79 Å². The topological polar surface area (TPSA) is 40.1 Å². The number of rotatable bonds is 2. The van der Waals surface area contributed by atoms with E-state index in [-0.39, 0.29) is 11.5 Å². The highest BCUT2D eigenvalue weighted by molar-refractivity contribution is 5.92. The number of carbonyl (C=O) groups excluding carboxylic acids is 1. The van der Waals surface area contributed by atoms with E-state index in [0.717, 1.165) is 0 Å². The number of carbonyl (C=O) groups is 1. The van der Waals surface area contributed by atoms with Gasteiger partial charge in [0.05, 0.1) is 0 Å². The molecule has 0 aliphatic heterocycles. The molecule has 0 saturated heterocycles. The second-order valence-electron chi connectivity index (χ2n) is 1.96. The molecule has 0 atom stereocenters. The van der Waals surface area contributed by atoms with Crippen LogP contribution in [0.5, 0.6) is 0 Å². The molecule has 0 aliphatic carbocycles. The maximum absolute atomic E-state index is 10.7. The summed E-state index contributed by atoms with van der Waals surface area (Å²) in [6.45, 7) is 4.71. The van der Waals surface area contributed by atoms with E-state index in [4.69, 9.17) is 0 Å². The van der Waals surface area contributed by atoms with E-state index in [1.807, 2.05) is 0 Å². The van der Waals surface area contributed by atoms with E-state index >= 15 is 0 Å². The maximum Gasteiger partial charge on any atom is 0.154 e. The molecule has 0 amide bonds. The van der Waals surface area contributed by atoms with Gasteiger partial charge in [-0.25, -0.2) is 0 Å². The number of allylic oxidation sites excluding steroid dienone is 2. The number of hydrogen-bond acceptors (Lipinski definition) is 2. The van der Waals surface area contributed by atoms with Crippen LogP contribution in [0.25, 0.3) is 0 Å². The lowest BCUT2D eigenvalue weighted by atomic mass is 10.1. The second kappa shape index (κ2) is 3.28. The fraction of sp³-hybridized carbons (Fsp3) is 0.571. The Morgan fingerprint density at radius 1 is 1.44 bits per heavy atom. The van der Waals surface area contributed by atoms with E-state index in [2.05, 4.69) is 0 Å². The third-order valence-electron chi connectivity index (χ3n) is 1.27. The van der Waals surface area contributed by atoms with Gasteiger partial charge in [0.15, 0.2) is 5.78 Å². The van der Waals surface area contributed by atoms with Gasteiger partial charge < -0.3 is 5.11 Å². The van der Waals surface area contributed by atoms with Crippen LogP contribution in [0.1, 0.15) is 27.2 Å². The quantitative estimate of drug-likeness (QED) is 0.403. The lowest BCUT2D eigenvalue weighted by Gasteiger charge is -2.11. The molecule has 0 unspecified atom stereocenters. The van der Waals surface area contributed by atoms with Gasteiger partial charge in [-0.1, -0.05) is 6.92 Å². The molecule has 0 bridgehead atoms. The zero-order valence-electron chi connectivity index (χ0n) is 6.02. The van der Waals surface area contributed by atoms with Crippen molar-refractivity contribution in [2.45, 2.75) is 27.2 Å². The minimum Gasteiger partial charge on any atom is -0.875 e. The Morgan fingerprint density at radius 2 is 1.89 bits per heavy atom. The number of ketones is 1. The van der Waals surface area contributed by atoms with Crippen molar-refractivity contribution in [1.82, 2.24) is 0 Å². The molecule has 2 nitrogen and oxygen atoms in total. The van der Waals surface area contributed by atoms with Crippen molar-refractivity contribution in [2.75, 3.05) is 0 Å². The molecule has 0 aromatic rings. The molecule has 0 rings (SSSR count). The van der Waals surface area contributed by atoms with Crippen molar-refractivity contribution in [2.24, 2.45) is 0 Å². The molecule has 0 radical (unpaired) electrons. The van der Waals surface area contributed by atoms with Crippen LogP contribution in [0.3, 0.4) is 0 Å². The van der Waals surface area contributed by atoms with Gasteiger partial charge in [-0.05, 0) is 25.8 Å². The van der Waals surface area contributed by atoms with Crippen LogP contribution in [0.15, 0.2) is 11.3 Å². The van der Waals surface area contributed by atoms with E-state index in [0.29, 0.717) is 12.0 Å². The first-order valence-electron chi connectivity index (χ1n) is 2.97. The standard InChI is InChI=1S/C7H12O2/c1-4-7(9)5(2)6(3)8/h9H,4H2,1-3H3/p-1/b7-5-. The largest absolute Gasteiger partial charge is 0.875 e. The first kappa shape index (κ1) is 8.21. The molecular formula is C7H11O2-. The Balaban J connectivity index is 4.28. The fourth-order valence-corrected chi connectivity index (χ4v) is 0.462. The summed E-state index contributed by atoms with van der Waals surface area (Å²) in [5.74, 6) is -0.177. The van der Waals surface area contributed by atoms with Crippen molar-refractivity contribution < 1.29 is 9.90 Å². The smallest absolute Gasteiger partial charge is 0.154 e. The predicted molar refractivity (Wildman–Crippen MR) is 33.7 cm³/mol. The molecule has 0 saturated carbocycles. The Labute approximate surface area is 55.2 Å². The zero-order chi connectivity index (χ0) is 7.44. The van der Waals surface area contributed by atoms with E-state index in [1.54, 1.807) is 13.8 Å². The van der Waals surface area contributed by atoms with Gasteiger partial charge in [0, 0.05) is 0 Å². The Bertz CT molecular complexity index is 145. The van der Waals surface area contributed by atoms with Crippen molar-refractivity contribution in [3.8, 4) is 0 Å². The Kier molecular flexibility index (Phi) is 2.99. The van der Waals surface area contributed by atoms with Gasteiger partial charge in [0.25, 0.3) is 0 Å². The predicted octanol–water partition coefficient (Wildman–Crippen LogP) is 0.620. The lowest BCUT2D eigenvalue weighted by Crippen LogP contribution is -2.09. The van der Waals surface area contributed by atoms with Gasteiger partial charge in [0.2, 0.25) is 0 Å². The summed E-state index contributed by atoms with van der Waals surface area (Å²) < 4.78 is 0. The second-order valence-corrected chi connectivity index (χ2v) is 1.96. The molecule has 0 aliphatic rings. The first-order valence-corrected chi connectivity index (χ1v) is 2.97. The molecule has 0 N–H and O–H groups in total. The molecule has 52 valence electrons. The van der Waals surface area contributed by atoms with Crippen molar-refractivity contribution in [3.05, 3.63) is 11.3 Å². The fourth-order valence-electron chi connectivity index (χ4n) is 0.462. The highest BCUT2D eigenvalue weighted by atomic mass is 16.3. The van der Waals surface area contributed by atoms with Crippen LogP contribution in [-0.2, 0) is 4.79 Å². The summed E-state index contributed by atoms with van der Waals surface area (Å²) in [5.41, 5.74) is 0.359. The summed E-state index contributed by atoms with van der Waals surface area (Å²) in [4.78, 5) is 10.5. The monoisotopic (exact) mass is 127 g/mol. The third kappa shape index (κ3) is 2.31. The highest BCUT2D eigenvalue weighted by Gasteiger charge is 1.94. The molecular weight excluding hydrogens is 116 g/mol. The molecule has 9 heavy (non-hydrogen) atoms. The average molecular weight is 127 g/mol. The maximum atomic E-state index is 10.7. The average Bonchev–Trinajstić information content (AvgIpc) is 1.84. The molecule has 0 spiro atoms. The van der Waals surface area contributed by atoms with Gasteiger partial charge in [0.1, 0.15) is 0 Å². The van der Waals surface area contributed by atoms with Crippen LogP contribution in [0.2, 0.25) is 0 Å². The SMILES string of the molecule is CC/C([O-])=C(\C)C(C)=O. The molecule has 0 fully saturated rings. The van der Waals surface area contributed by atoms with Crippen LogP contribution >= 0.6 is 0 Å². The Hall–Kier alpha value is -0.790. The molecule has 0 aromatic carbocycles. The van der Waals surface area contributed by atoms with Crippen molar-refractivity contribution in [3.63, 3.8) is 0 Å².